The molecule has 20 heavy (non-hydrogen) atoms. The molecule has 0 spiro atoms. The monoisotopic (exact) mass is 292 g/mol. The first-order valence-electron chi connectivity index (χ1n) is 6.34. The van der Waals surface area contributed by atoms with Crippen LogP contribution in [0.4, 0.5) is 0 Å². The first-order valence-corrected chi connectivity index (χ1v) is 7.17. The van der Waals surface area contributed by atoms with Gasteiger partial charge in [-0.1, -0.05) is 17.5 Å². The number of amides is 1. The molecule has 2 aromatic rings. The van der Waals surface area contributed by atoms with Crippen LogP contribution in [0.25, 0.3) is 0 Å². The van der Waals surface area contributed by atoms with Crippen LogP contribution in [-0.2, 0) is 6.54 Å². The van der Waals surface area contributed by atoms with E-state index in [1.54, 1.807) is 22.7 Å². The van der Waals surface area contributed by atoms with Crippen molar-refractivity contribution < 1.29 is 9.90 Å². The Morgan fingerprint density at radius 3 is 2.95 bits per heavy atom. The van der Waals surface area contributed by atoms with Gasteiger partial charge in [-0.3, -0.25) is 9.78 Å². The van der Waals surface area contributed by atoms with Crippen molar-refractivity contribution in [2.75, 3.05) is 6.61 Å². The average molecular weight is 292 g/mol. The van der Waals surface area contributed by atoms with Crippen molar-refractivity contribution in [2.24, 2.45) is 0 Å². The predicted octanol–water partition coefficient (Wildman–Crippen LogP) is 1.35. The highest BCUT2D eigenvalue weighted by atomic mass is 32.1. The molecule has 106 valence electrons. The van der Waals surface area contributed by atoms with Gasteiger partial charge in [-0.15, -0.1) is 5.10 Å². The number of aliphatic hydroxyl groups is 1. The van der Waals surface area contributed by atoms with Gasteiger partial charge in [0, 0.05) is 24.3 Å². The minimum atomic E-state index is -0.246. The fraction of sp³-hybridized carbons (Fsp3) is 0.385. The summed E-state index contributed by atoms with van der Waals surface area (Å²) in [6.07, 6.45) is 4.06. The van der Waals surface area contributed by atoms with E-state index in [1.165, 1.54) is 0 Å². The second-order valence-electron chi connectivity index (χ2n) is 4.33. The molecule has 0 saturated carbocycles. The first-order chi connectivity index (χ1) is 9.76. The lowest BCUT2D eigenvalue weighted by Crippen LogP contribution is -2.41. The number of hydrogen-bond acceptors (Lipinski definition) is 6. The van der Waals surface area contributed by atoms with Crippen LogP contribution in [0.1, 0.15) is 29.4 Å². The van der Waals surface area contributed by atoms with Gasteiger partial charge in [0.05, 0.1) is 12.6 Å². The van der Waals surface area contributed by atoms with E-state index in [0.29, 0.717) is 18.7 Å². The molecule has 0 aliphatic heterocycles. The molecular weight excluding hydrogens is 276 g/mol. The maximum absolute atomic E-state index is 12.5. The van der Waals surface area contributed by atoms with Gasteiger partial charge < -0.3 is 10.0 Å². The van der Waals surface area contributed by atoms with E-state index < -0.39 is 0 Å². The average Bonchev–Trinajstić information content (AvgIpc) is 3.02. The lowest BCUT2D eigenvalue weighted by Gasteiger charge is -2.29. The van der Waals surface area contributed by atoms with Gasteiger partial charge in [0.25, 0.3) is 5.91 Å². The summed E-state index contributed by atoms with van der Waals surface area (Å²) in [6, 6.07) is 3.48. The number of hydrogen-bond donors (Lipinski definition) is 1. The highest BCUT2D eigenvalue weighted by molar-refractivity contribution is 7.03. The molecule has 7 heteroatoms. The van der Waals surface area contributed by atoms with Gasteiger partial charge in [-0.2, -0.15) is 0 Å². The third-order valence-electron chi connectivity index (χ3n) is 3.04. The molecule has 2 aromatic heterocycles. The number of nitrogens with zero attached hydrogens (tertiary/aromatic N) is 4. The van der Waals surface area contributed by atoms with Crippen LogP contribution < -0.4 is 0 Å². The molecule has 0 unspecified atom stereocenters. The largest absolute Gasteiger partial charge is 0.394 e. The van der Waals surface area contributed by atoms with E-state index in [-0.39, 0.29) is 18.6 Å². The molecule has 0 bridgehead atoms. The van der Waals surface area contributed by atoms with Crippen LogP contribution in [0, 0.1) is 0 Å². The molecule has 6 nitrogen and oxygen atoms in total. The molecule has 1 atom stereocenters. The topological polar surface area (TPSA) is 79.2 Å². The lowest BCUT2D eigenvalue weighted by molar-refractivity contribution is 0.0557. The van der Waals surface area contributed by atoms with Crippen molar-refractivity contribution in [3.63, 3.8) is 0 Å². The Labute approximate surface area is 121 Å². The van der Waals surface area contributed by atoms with E-state index in [0.717, 1.165) is 17.1 Å². The van der Waals surface area contributed by atoms with E-state index in [2.05, 4.69) is 14.6 Å². The summed E-state index contributed by atoms with van der Waals surface area (Å²) in [5.74, 6) is -0.219. The van der Waals surface area contributed by atoms with Crippen LogP contribution in [0.5, 0.6) is 0 Å². The molecule has 0 aliphatic rings. The molecule has 0 aliphatic carbocycles. The Bertz CT molecular complexity index is 529. The Hall–Kier alpha value is -1.86. The van der Waals surface area contributed by atoms with Crippen molar-refractivity contribution in [3.8, 4) is 0 Å². The fourth-order valence-corrected chi connectivity index (χ4v) is 2.34. The van der Waals surface area contributed by atoms with Gasteiger partial charge in [0.15, 0.2) is 5.69 Å². The van der Waals surface area contributed by atoms with Gasteiger partial charge in [-0.05, 0) is 29.6 Å². The Kier molecular flexibility index (Phi) is 5.14. The minimum absolute atomic E-state index is 0.0833. The molecule has 0 radical (unpaired) electrons. The summed E-state index contributed by atoms with van der Waals surface area (Å²) in [4.78, 5) is 18.1. The number of carbonyl (C=O) groups is 1. The molecule has 0 saturated heterocycles. The number of rotatable bonds is 6. The SMILES string of the molecule is CC[C@H](CO)N(Cc1cccnc1)C(=O)c1csnn1. The normalized spacial score (nSPS) is 12.1. The number of carbonyl (C=O) groups excluding carboxylic acids is 1. The summed E-state index contributed by atoms with van der Waals surface area (Å²) in [5, 5.41) is 14.9. The highest BCUT2D eigenvalue weighted by Gasteiger charge is 2.25. The standard InChI is InChI=1S/C13H16N4O2S/c1-2-11(8-18)17(7-10-4-3-5-14-6-10)13(19)12-9-20-16-15-12/h3-6,9,11,18H,2,7-8H2,1H3/t11-/m1/s1. The van der Waals surface area contributed by atoms with Crippen LogP contribution in [0.3, 0.4) is 0 Å². The van der Waals surface area contributed by atoms with E-state index >= 15 is 0 Å². The van der Waals surface area contributed by atoms with Crippen molar-refractivity contribution in [1.29, 1.82) is 0 Å². The van der Waals surface area contributed by atoms with Gasteiger partial charge in [-0.25, -0.2) is 0 Å². The predicted molar refractivity (Wildman–Crippen MR) is 75.2 cm³/mol. The molecule has 2 rings (SSSR count). The smallest absolute Gasteiger partial charge is 0.275 e. The van der Waals surface area contributed by atoms with Crippen LogP contribution in [0.15, 0.2) is 29.9 Å². The zero-order chi connectivity index (χ0) is 14.4. The number of aliphatic hydroxyl groups excluding tert-OH is 1. The fourth-order valence-electron chi connectivity index (χ4n) is 1.91. The molecule has 2 heterocycles. The second kappa shape index (κ2) is 7.06. The molecule has 1 N–H and O–H groups in total. The number of aromatic nitrogens is 3. The van der Waals surface area contributed by atoms with Crippen LogP contribution in [-0.4, -0.2) is 43.1 Å². The van der Waals surface area contributed by atoms with Gasteiger partial charge in [0.2, 0.25) is 0 Å². The Morgan fingerprint density at radius 1 is 1.55 bits per heavy atom. The zero-order valence-electron chi connectivity index (χ0n) is 11.1. The van der Waals surface area contributed by atoms with Crippen molar-refractivity contribution in [1.82, 2.24) is 19.5 Å². The quantitative estimate of drug-likeness (QED) is 0.869. The van der Waals surface area contributed by atoms with E-state index in [4.69, 9.17) is 0 Å². The molecule has 0 fully saturated rings. The van der Waals surface area contributed by atoms with Crippen molar-refractivity contribution in [2.45, 2.75) is 25.9 Å². The lowest BCUT2D eigenvalue weighted by atomic mass is 10.1. The van der Waals surface area contributed by atoms with E-state index in [9.17, 15) is 9.90 Å². The summed E-state index contributed by atoms with van der Waals surface area (Å²) < 4.78 is 3.71. The summed E-state index contributed by atoms with van der Waals surface area (Å²) in [5.41, 5.74) is 1.22. The first kappa shape index (κ1) is 14.5. The maximum Gasteiger partial charge on any atom is 0.275 e. The molecule has 1 amide bonds. The summed E-state index contributed by atoms with van der Waals surface area (Å²) in [6.45, 7) is 2.24. The minimum Gasteiger partial charge on any atom is -0.394 e. The van der Waals surface area contributed by atoms with Crippen LogP contribution >= 0.6 is 11.5 Å². The Balaban J connectivity index is 2.23. The summed E-state index contributed by atoms with van der Waals surface area (Å²) in [7, 11) is 0. The maximum atomic E-state index is 12.5. The third-order valence-corrected chi connectivity index (χ3v) is 3.54. The van der Waals surface area contributed by atoms with Gasteiger partial charge >= 0.3 is 0 Å². The van der Waals surface area contributed by atoms with Crippen molar-refractivity contribution in [3.05, 3.63) is 41.2 Å². The van der Waals surface area contributed by atoms with Crippen LogP contribution in [0.2, 0.25) is 0 Å². The van der Waals surface area contributed by atoms with Crippen molar-refractivity contribution >= 4 is 17.4 Å². The van der Waals surface area contributed by atoms with E-state index in [1.807, 2.05) is 19.1 Å². The molecule has 0 aromatic carbocycles. The zero-order valence-corrected chi connectivity index (χ0v) is 12.0. The summed E-state index contributed by atoms with van der Waals surface area (Å²) >= 11 is 1.14. The second-order valence-corrected chi connectivity index (χ2v) is 4.94. The highest BCUT2D eigenvalue weighted by Crippen LogP contribution is 2.14. The Morgan fingerprint density at radius 2 is 2.40 bits per heavy atom. The third kappa shape index (κ3) is 3.37. The van der Waals surface area contributed by atoms with Gasteiger partial charge in [0.1, 0.15) is 0 Å². The molecular formula is C13H16N4O2S. The number of pyridine rings is 1.